The van der Waals surface area contributed by atoms with Crippen molar-refractivity contribution in [2.45, 2.75) is 6.54 Å². The summed E-state index contributed by atoms with van der Waals surface area (Å²) < 4.78 is 5.07. The average molecular weight is 261 g/mol. The monoisotopic (exact) mass is 260 g/mol. The number of benzene rings is 2. The molecule has 0 bridgehead atoms. The number of carbonyl (C=O) groups excluding carboxylic acids is 1. The molecule has 0 aliphatic rings. The standard InChI is InChI=1S/C14H11ClNO2/c15-12-8-6-11(7-9-12)10-16-14(17)18-13-4-2-1-3-5-13/h1-6,8-9H,10H2,(H,16,17). The summed E-state index contributed by atoms with van der Waals surface area (Å²) in [4.78, 5) is 11.5. The van der Waals surface area contributed by atoms with E-state index in [0.717, 1.165) is 5.56 Å². The number of ether oxygens (including phenoxy) is 1. The normalized spacial score (nSPS) is 9.83. The SMILES string of the molecule is O=C(NCc1[c]cc(Cl)cc1)Oc1ccccc1. The summed E-state index contributed by atoms with van der Waals surface area (Å²) in [5.74, 6) is 0.509. The van der Waals surface area contributed by atoms with Crippen molar-refractivity contribution in [1.29, 1.82) is 0 Å². The zero-order valence-corrected chi connectivity index (χ0v) is 10.3. The first-order chi connectivity index (χ1) is 8.74. The van der Waals surface area contributed by atoms with E-state index in [4.69, 9.17) is 16.3 Å². The van der Waals surface area contributed by atoms with Crippen molar-refractivity contribution in [2.75, 3.05) is 0 Å². The molecule has 0 aliphatic heterocycles. The van der Waals surface area contributed by atoms with Gasteiger partial charge < -0.3 is 10.1 Å². The quantitative estimate of drug-likeness (QED) is 0.918. The second kappa shape index (κ2) is 6.07. The van der Waals surface area contributed by atoms with E-state index in [2.05, 4.69) is 11.4 Å². The second-order valence-corrected chi connectivity index (χ2v) is 4.02. The van der Waals surface area contributed by atoms with E-state index in [-0.39, 0.29) is 0 Å². The van der Waals surface area contributed by atoms with Gasteiger partial charge in [-0.2, -0.15) is 0 Å². The van der Waals surface area contributed by atoms with Crippen molar-refractivity contribution in [1.82, 2.24) is 5.32 Å². The third kappa shape index (κ3) is 3.79. The van der Waals surface area contributed by atoms with Crippen LogP contribution in [-0.2, 0) is 6.54 Å². The van der Waals surface area contributed by atoms with Gasteiger partial charge in [0.25, 0.3) is 0 Å². The average Bonchev–Trinajstić information content (AvgIpc) is 2.39. The molecule has 1 N–H and O–H groups in total. The Morgan fingerprint density at radius 2 is 2.00 bits per heavy atom. The fourth-order valence-corrected chi connectivity index (χ4v) is 1.46. The molecule has 0 spiro atoms. The van der Waals surface area contributed by atoms with Crippen molar-refractivity contribution in [3.8, 4) is 5.75 Å². The highest BCUT2D eigenvalue weighted by Crippen LogP contribution is 2.10. The molecule has 0 atom stereocenters. The Labute approximate surface area is 110 Å². The number of para-hydroxylation sites is 1. The topological polar surface area (TPSA) is 38.3 Å². The number of carbonyl (C=O) groups is 1. The van der Waals surface area contributed by atoms with E-state index >= 15 is 0 Å². The van der Waals surface area contributed by atoms with Crippen LogP contribution in [0.5, 0.6) is 5.75 Å². The minimum absolute atomic E-state index is 0.350. The summed E-state index contributed by atoms with van der Waals surface area (Å²) in [6.07, 6.45) is -0.496. The number of amides is 1. The number of halogens is 1. The van der Waals surface area contributed by atoms with Gasteiger partial charge in [0, 0.05) is 11.6 Å². The number of hydrogen-bond acceptors (Lipinski definition) is 2. The molecule has 0 saturated carbocycles. The number of rotatable bonds is 3. The van der Waals surface area contributed by atoms with Crippen LogP contribution in [0.2, 0.25) is 5.02 Å². The molecular weight excluding hydrogens is 250 g/mol. The molecule has 0 heterocycles. The highest BCUT2D eigenvalue weighted by atomic mass is 35.5. The number of hydrogen-bond donors (Lipinski definition) is 1. The van der Waals surface area contributed by atoms with E-state index < -0.39 is 6.09 Å². The molecule has 0 fully saturated rings. The Bertz CT molecular complexity index is 511. The predicted molar refractivity (Wildman–Crippen MR) is 69.6 cm³/mol. The summed E-state index contributed by atoms with van der Waals surface area (Å²) in [6, 6.07) is 17.0. The Kier molecular flexibility index (Phi) is 4.20. The van der Waals surface area contributed by atoms with Gasteiger partial charge in [-0.3, -0.25) is 0 Å². The van der Waals surface area contributed by atoms with Gasteiger partial charge in [0.15, 0.2) is 0 Å². The molecule has 2 aromatic rings. The van der Waals surface area contributed by atoms with Gasteiger partial charge in [-0.15, -0.1) is 0 Å². The zero-order valence-electron chi connectivity index (χ0n) is 9.52. The summed E-state index contributed by atoms with van der Waals surface area (Å²) >= 11 is 5.74. The second-order valence-electron chi connectivity index (χ2n) is 3.59. The van der Waals surface area contributed by atoms with E-state index in [1.54, 1.807) is 42.5 Å². The fraction of sp³-hybridized carbons (Fsp3) is 0.0714. The van der Waals surface area contributed by atoms with E-state index in [0.29, 0.717) is 17.3 Å². The summed E-state index contributed by atoms with van der Waals surface area (Å²) in [5, 5.41) is 3.25. The molecule has 1 amide bonds. The molecule has 18 heavy (non-hydrogen) atoms. The van der Waals surface area contributed by atoms with Crippen molar-refractivity contribution in [3.63, 3.8) is 0 Å². The predicted octanol–water partition coefficient (Wildman–Crippen LogP) is 3.43. The van der Waals surface area contributed by atoms with Crippen LogP contribution in [0, 0.1) is 6.07 Å². The molecular formula is C14H11ClNO2. The molecule has 0 aromatic heterocycles. The van der Waals surface area contributed by atoms with Crippen molar-refractivity contribution in [3.05, 3.63) is 65.2 Å². The molecule has 3 nitrogen and oxygen atoms in total. The lowest BCUT2D eigenvalue weighted by Gasteiger charge is -2.06. The maximum Gasteiger partial charge on any atom is 0.412 e. The van der Waals surface area contributed by atoms with Gasteiger partial charge in [0.05, 0.1) is 0 Å². The van der Waals surface area contributed by atoms with Crippen LogP contribution in [0.15, 0.2) is 48.5 Å². The first-order valence-corrected chi connectivity index (χ1v) is 5.79. The van der Waals surface area contributed by atoms with Gasteiger partial charge in [0.2, 0.25) is 0 Å². The van der Waals surface area contributed by atoms with E-state index in [9.17, 15) is 4.79 Å². The van der Waals surface area contributed by atoms with Gasteiger partial charge in [-0.25, -0.2) is 4.79 Å². The van der Waals surface area contributed by atoms with Crippen LogP contribution in [0.4, 0.5) is 4.79 Å². The fourth-order valence-electron chi connectivity index (χ4n) is 1.35. The largest absolute Gasteiger partial charge is 0.412 e. The highest BCUT2D eigenvalue weighted by Gasteiger charge is 2.03. The van der Waals surface area contributed by atoms with E-state index in [1.165, 1.54) is 0 Å². The first kappa shape index (κ1) is 12.5. The highest BCUT2D eigenvalue weighted by molar-refractivity contribution is 6.30. The molecule has 2 rings (SSSR count). The van der Waals surface area contributed by atoms with E-state index in [1.807, 2.05) is 6.07 Å². The summed E-state index contributed by atoms with van der Waals surface area (Å²) in [6.45, 7) is 0.350. The Morgan fingerprint density at radius 3 is 2.67 bits per heavy atom. The maximum absolute atomic E-state index is 11.5. The third-order valence-corrected chi connectivity index (χ3v) is 2.45. The Hall–Kier alpha value is -2.00. The first-order valence-electron chi connectivity index (χ1n) is 5.41. The number of nitrogens with one attached hydrogen (secondary N) is 1. The molecule has 0 saturated heterocycles. The molecule has 91 valence electrons. The molecule has 0 aliphatic carbocycles. The lowest BCUT2D eigenvalue weighted by Crippen LogP contribution is -2.26. The van der Waals surface area contributed by atoms with Crippen molar-refractivity contribution in [2.24, 2.45) is 0 Å². The van der Waals surface area contributed by atoms with Gasteiger partial charge in [-0.05, 0) is 35.9 Å². The van der Waals surface area contributed by atoms with Gasteiger partial charge in [0.1, 0.15) is 5.75 Å². The van der Waals surface area contributed by atoms with Crippen LogP contribution in [-0.4, -0.2) is 6.09 Å². The van der Waals surface area contributed by atoms with Crippen LogP contribution >= 0.6 is 11.6 Å². The van der Waals surface area contributed by atoms with Gasteiger partial charge in [-0.1, -0.05) is 35.9 Å². The zero-order chi connectivity index (χ0) is 12.8. The Balaban J connectivity index is 1.83. The lowest BCUT2D eigenvalue weighted by molar-refractivity contribution is 0.200. The summed E-state index contributed by atoms with van der Waals surface area (Å²) in [7, 11) is 0. The molecule has 0 unspecified atom stereocenters. The lowest BCUT2D eigenvalue weighted by atomic mass is 10.2. The van der Waals surface area contributed by atoms with Crippen LogP contribution in [0.25, 0.3) is 0 Å². The van der Waals surface area contributed by atoms with Crippen LogP contribution in [0.3, 0.4) is 0 Å². The summed E-state index contributed by atoms with van der Waals surface area (Å²) in [5.41, 5.74) is 0.837. The van der Waals surface area contributed by atoms with Crippen molar-refractivity contribution >= 4 is 17.7 Å². The van der Waals surface area contributed by atoms with Crippen molar-refractivity contribution < 1.29 is 9.53 Å². The third-order valence-electron chi connectivity index (χ3n) is 2.22. The van der Waals surface area contributed by atoms with Crippen LogP contribution < -0.4 is 10.1 Å². The maximum atomic E-state index is 11.5. The minimum Gasteiger partial charge on any atom is -0.410 e. The molecule has 2 aromatic carbocycles. The van der Waals surface area contributed by atoms with Crippen LogP contribution in [0.1, 0.15) is 5.56 Å². The molecule has 4 heteroatoms. The molecule has 1 radical (unpaired) electrons. The Morgan fingerprint density at radius 1 is 1.22 bits per heavy atom. The smallest absolute Gasteiger partial charge is 0.410 e. The van der Waals surface area contributed by atoms with Gasteiger partial charge >= 0.3 is 6.09 Å². The minimum atomic E-state index is -0.496.